The average Bonchev–Trinajstić information content (AvgIpc) is 3.35. The van der Waals surface area contributed by atoms with Crippen LogP contribution >= 0.6 is 0 Å². The van der Waals surface area contributed by atoms with Gasteiger partial charge in [-0.2, -0.15) is 0 Å². The van der Waals surface area contributed by atoms with E-state index in [9.17, 15) is 29.1 Å². The number of hydrogen-bond acceptors (Lipinski definition) is 8. The van der Waals surface area contributed by atoms with Crippen molar-refractivity contribution < 1.29 is 29.1 Å². The van der Waals surface area contributed by atoms with Gasteiger partial charge in [0.1, 0.15) is 18.1 Å². The number of guanidine groups is 1. The third-order valence-corrected chi connectivity index (χ3v) is 5.72. The first-order valence-electron chi connectivity index (χ1n) is 12.1. The molecule has 1 aromatic rings. The van der Waals surface area contributed by atoms with Crippen LogP contribution in [0.15, 0.2) is 17.5 Å². The van der Waals surface area contributed by atoms with Gasteiger partial charge in [-0.1, -0.05) is 20.3 Å². The summed E-state index contributed by atoms with van der Waals surface area (Å²) in [5, 5.41) is 17.1. The maximum atomic E-state index is 13.2. The van der Waals surface area contributed by atoms with Crippen molar-refractivity contribution in [1.29, 1.82) is 0 Å². The Balaban J connectivity index is 3.13. The van der Waals surface area contributed by atoms with Gasteiger partial charge < -0.3 is 49.0 Å². The topological polar surface area (TPSA) is 287 Å². The normalized spacial score (nSPS) is 14.7. The highest BCUT2D eigenvalue weighted by Crippen LogP contribution is 2.10. The van der Waals surface area contributed by atoms with E-state index >= 15 is 0 Å². The number of rotatable bonds is 17. The fraction of sp³-hybridized carbons (Fsp3) is 0.591. The van der Waals surface area contributed by atoms with Gasteiger partial charge in [-0.25, -0.2) is 9.78 Å². The lowest BCUT2D eigenvalue weighted by Gasteiger charge is -2.26. The summed E-state index contributed by atoms with van der Waals surface area (Å²) in [5.74, 6) is -4.83. The largest absolute Gasteiger partial charge is 0.480 e. The quantitative estimate of drug-likeness (QED) is 0.0543. The second-order valence-electron chi connectivity index (χ2n) is 8.84. The van der Waals surface area contributed by atoms with Crippen molar-refractivity contribution in [2.24, 2.45) is 33.8 Å². The minimum Gasteiger partial charge on any atom is -0.480 e. The highest BCUT2D eigenvalue weighted by atomic mass is 16.4. The first-order chi connectivity index (χ1) is 17.8. The van der Waals surface area contributed by atoms with Gasteiger partial charge in [-0.3, -0.25) is 24.2 Å². The standard InChI is InChI=1S/C22H38N10O6/c1-3-11(2)17(21(37)38)32-20(36)15(7-12-9-27-10-29-12)31-19(35)14(5-4-6-28-22(25)26)30-18(34)13(23)8-16(24)33/h9-11,13-15,17H,3-8,23H2,1-2H3,(H2,24,33)(H,27,29)(H,30,34)(H,31,35)(H,32,36)(H,37,38)(H4,25,26,28). The number of aliphatic imine (C=N–C) groups is 1. The maximum Gasteiger partial charge on any atom is 0.326 e. The number of aromatic nitrogens is 2. The molecule has 1 aromatic heterocycles. The molecule has 0 aliphatic heterocycles. The fourth-order valence-electron chi connectivity index (χ4n) is 3.40. The number of nitrogens with two attached hydrogens (primary N) is 4. The summed E-state index contributed by atoms with van der Waals surface area (Å²) in [6, 6.07) is -4.88. The zero-order valence-corrected chi connectivity index (χ0v) is 21.5. The Morgan fingerprint density at radius 1 is 1.05 bits per heavy atom. The summed E-state index contributed by atoms with van der Waals surface area (Å²) in [4.78, 5) is 72.3. The molecule has 0 fully saturated rings. The average molecular weight is 539 g/mol. The number of imidazole rings is 1. The van der Waals surface area contributed by atoms with Crippen molar-refractivity contribution in [3.63, 3.8) is 0 Å². The number of carbonyl (C=O) groups is 5. The van der Waals surface area contributed by atoms with Gasteiger partial charge >= 0.3 is 5.97 Å². The number of hydrogen-bond donors (Lipinski definition) is 9. The molecular weight excluding hydrogens is 500 g/mol. The highest BCUT2D eigenvalue weighted by molar-refractivity contribution is 5.95. The van der Waals surface area contributed by atoms with Crippen molar-refractivity contribution in [2.75, 3.05) is 6.54 Å². The van der Waals surface area contributed by atoms with Crippen molar-refractivity contribution in [2.45, 2.75) is 70.1 Å². The lowest BCUT2D eigenvalue weighted by molar-refractivity contribution is -0.143. The van der Waals surface area contributed by atoms with Crippen LogP contribution in [-0.4, -0.2) is 81.3 Å². The monoisotopic (exact) mass is 538 g/mol. The Bertz CT molecular complexity index is 979. The molecule has 1 rings (SSSR count). The molecule has 5 atom stereocenters. The van der Waals surface area contributed by atoms with Crippen LogP contribution in [0.2, 0.25) is 0 Å². The maximum absolute atomic E-state index is 13.2. The molecule has 13 N–H and O–H groups in total. The van der Waals surface area contributed by atoms with Crippen LogP contribution in [0.5, 0.6) is 0 Å². The molecule has 16 nitrogen and oxygen atoms in total. The third-order valence-electron chi connectivity index (χ3n) is 5.72. The second-order valence-corrected chi connectivity index (χ2v) is 8.84. The number of H-pyrrole nitrogens is 1. The van der Waals surface area contributed by atoms with E-state index in [4.69, 9.17) is 22.9 Å². The number of carboxylic acid groups (broad SMARTS) is 1. The number of carboxylic acids is 1. The van der Waals surface area contributed by atoms with E-state index in [1.807, 2.05) is 0 Å². The smallest absolute Gasteiger partial charge is 0.326 e. The number of carbonyl (C=O) groups excluding carboxylic acids is 4. The molecule has 212 valence electrons. The minimum atomic E-state index is -1.29. The van der Waals surface area contributed by atoms with Crippen LogP contribution in [-0.2, 0) is 30.4 Å². The lowest BCUT2D eigenvalue weighted by Crippen LogP contribution is -2.58. The van der Waals surface area contributed by atoms with E-state index in [-0.39, 0.29) is 37.7 Å². The highest BCUT2D eigenvalue weighted by Gasteiger charge is 2.32. The van der Waals surface area contributed by atoms with Gasteiger partial charge in [0.15, 0.2) is 5.96 Å². The van der Waals surface area contributed by atoms with Crippen molar-refractivity contribution in [1.82, 2.24) is 25.9 Å². The summed E-state index contributed by atoms with van der Waals surface area (Å²) in [6.07, 6.45) is 3.18. The lowest BCUT2D eigenvalue weighted by atomic mass is 9.98. The van der Waals surface area contributed by atoms with Gasteiger partial charge in [-0.15, -0.1) is 0 Å². The molecule has 4 amide bonds. The van der Waals surface area contributed by atoms with Crippen molar-refractivity contribution in [3.8, 4) is 0 Å². The summed E-state index contributed by atoms with van der Waals surface area (Å²) >= 11 is 0. The Morgan fingerprint density at radius 3 is 2.21 bits per heavy atom. The van der Waals surface area contributed by atoms with Gasteiger partial charge in [-0.05, 0) is 18.8 Å². The molecule has 1 heterocycles. The molecule has 0 saturated carbocycles. The van der Waals surface area contributed by atoms with Crippen LogP contribution in [0.3, 0.4) is 0 Å². The molecule has 0 aliphatic rings. The Labute approximate surface area is 219 Å². The van der Waals surface area contributed by atoms with Gasteiger partial charge in [0.25, 0.3) is 0 Å². The third kappa shape index (κ3) is 11.2. The van der Waals surface area contributed by atoms with E-state index in [1.54, 1.807) is 13.8 Å². The van der Waals surface area contributed by atoms with Crippen LogP contribution in [0.4, 0.5) is 0 Å². The predicted molar refractivity (Wildman–Crippen MR) is 137 cm³/mol. The molecule has 0 radical (unpaired) electrons. The van der Waals surface area contributed by atoms with Crippen molar-refractivity contribution >= 4 is 35.6 Å². The van der Waals surface area contributed by atoms with Gasteiger partial charge in [0, 0.05) is 24.9 Å². The van der Waals surface area contributed by atoms with Crippen LogP contribution in [0, 0.1) is 5.92 Å². The summed E-state index contributed by atoms with van der Waals surface area (Å²) < 4.78 is 0. The molecule has 16 heteroatoms. The Morgan fingerprint density at radius 2 is 1.68 bits per heavy atom. The predicted octanol–water partition coefficient (Wildman–Crippen LogP) is -3.21. The summed E-state index contributed by atoms with van der Waals surface area (Å²) in [7, 11) is 0. The fourth-order valence-corrected chi connectivity index (χ4v) is 3.40. The molecule has 5 unspecified atom stereocenters. The van der Waals surface area contributed by atoms with E-state index in [0.29, 0.717) is 12.1 Å². The van der Waals surface area contributed by atoms with E-state index in [2.05, 4.69) is 30.9 Å². The number of aromatic amines is 1. The number of nitrogens with zero attached hydrogens (tertiary/aromatic N) is 2. The first kappa shape index (κ1) is 31.8. The minimum absolute atomic E-state index is 0.0414. The molecular formula is C22H38N10O6. The zero-order valence-electron chi connectivity index (χ0n) is 21.5. The molecule has 0 aromatic carbocycles. The van der Waals surface area contributed by atoms with Crippen LogP contribution < -0.4 is 38.9 Å². The molecule has 0 saturated heterocycles. The number of nitrogens with one attached hydrogen (secondary N) is 4. The molecule has 38 heavy (non-hydrogen) atoms. The van der Waals surface area contributed by atoms with E-state index < -0.39 is 60.2 Å². The number of primary amides is 1. The van der Waals surface area contributed by atoms with Crippen molar-refractivity contribution in [3.05, 3.63) is 18.2 Å². The van der Waals surface area contributed by atoms with Crippen LogP contribution in [0.25, 0.3) is 0 Å². The van der Waals surface area contributed by atoms with Crippen LogP contribution in [0.1, 0.15) is 45.2 Å². The Hall–Kier alpha value is -4.21. The molecule has 0 aliphatic carbocycles. The van der Waals surface area contributed by atoms with E-state index in [0.717, 1.165) is 0 Å². The molecule has 0 bridgehead atoms. The van der Waals surface area contributed by atoms with Gasteiger partial charge in [0.05, 0.1) is 18.8 Å². The number of amides is 4. The SMILES string of the molecule is CCC(C)C(NC(=O)C(Cc1cnc[nH]1)NC(=O)C(CCCN=C(N)N)NC(=O)C(N)CC(N)=O)C(=O)O. The second kappa shape index (κ2) is 15.8. The zero-order chi connectivity index (χ0) is 28.8. The summed E-state index contributed by atoms with van der Waals surface area (Å²) in [5.41, 5.74) is 21.9. The van der Waals surface area contributed by atoms with Gasteiger partial charge in [0.2, 0.25) is 23.6 Å². The number of aliphatic carboxylic acids is 1. The summed E-state index contributed by atoms with van der Waals surface area (Å²) in [6.45, 7) is 3.62. The molecule has 0 spiro atoms. The Kier molecular flexibility index (Phi) is 13.2. The first-order valence-corrected chi connectivity index (χ1v) is 12.1. The van der Waals surface area contributed by atoms with E-state index in [1.165, 1.54) is 12.5 Å².